The Hall–Kier alpha value is -3.54. The van der Waals surface area contributed by atoms with Gasteiger partial charge in [-0.3, -0.25) is 4.79 Å². The van der Waals surface area contributed by atoms with E-state index in [-0.39, 0.29) is 11.9 Å². The summed E-state index contributed by atoms with van der Waals surface area (Å²) in [4.78, 5) is 23.0. The smallest absolute Gasteiger partial charge is 0.247 e. The van der Waals surface area contributed by atoms with E-state index in [9.17, 15) is 4.79 Å². The molecule has 4 rings (SSSR count). The van der Waals surface area contributed by atoms with Crippen LogP contribution in [0, 0.1) is 0 Å². The fraction of sp³-hybridized carbons (Fsp3) is 0.280. The lowest BCUT2D eigenvalue weighted by molar-refractivity contribution is -0.129. The summed E-state index contributed by atoms with van der Waals surface area (Å²) in [6, 6.07) is 15.6. The van der Waals surface area contributed by atoms with E-state index in [1.807, 2.05) is 65.7 Å². The Kier molecular flexibility index (Phi) is 6.36. The van der Waals surface area contributed by atoms with Crippen molar-refractivity contribution in [3.8, 4) is 22.8 Å². The first-order chi connectivity index (χ1) is 15.2. The Morgan fingerprint density at radius 3 is 2.68 bits per heavy atom. The zero-order valence-corrected chi connectivity index (χ0v) is 17.9. The molecule has 31 heavy (non-hydrogen) atoms. The molecule has 2 heterocycles. The third kappa shape index (κ3) is 4.63. The molecule has 6 heteroatoms. The van der Waals surface area contributed by atoms with Gasteiger partial charge in [-0.05, 0) is 48.6 Å². The fourth-order valence-electron chi connectivity index (χ4n) is 3.97. The number of benzene rings is 2. The first kappa shape index (κ1) is 20.7. The highest BCUT2D eigenvalue weighted by Gasteiger charge is 2.29. The number of nitrogens with one attached hydrogen (secondary N) is 1. The fourth-order valence-corrected chi connectivity index (χ4v) is 3.97. The lowest BCUT2D eigenvalue weighted by atomic mass is 10.0. The molecule has 0 aliphatic carbocycles. The molecular weight excluding hydrogens is 390 g/mol. The van der Waals surface area contributed by atoms with Gasteiger partial charge in [0.15, 0.2) is 11.5 Å². The molecule has 0 bridgehead atoms. The Morgan fingerprint density at radius 2 is 1.90 bits per heavy atom. The molecule has 3 aromatic rings. The molecule has 1 aliphatic heterocycles. The van der Waals surface area contributed by atoms with Gasteiger partial charge in [0.1, 0.15) is 5.82 Å². The Bertz CT molecular complexity index is 1060. The molecule has 1 atom stereocenters. The van der Waals surface area contributed by atoms with E-state index in [1.165, 1.54) is 0 Å². The first-order valence-corrected chi connectivity index (χ1v) is 10.5. The van der Waals surface area contributed by atoms with E-state index >= 15 is 0 Å². The van der Waals surface area contributed by atoms with Crippen LogP contribution in [-0.2, 0) is 4.79 Å². The number of aromatic amines is 1. The van der Waals surface area contributed by atoms with Crippen LogP contribution in [0.3, 0.4) is 0 Å². The lowest BCUT2D eigenvalue weighted by Crippen LogP contribution is -2.38. The molecule has 1 amide bonds. The Balaban J connectivity index is 1.52. The predicted molar refractivity (Wildman–Crippen MR) is 121 cm³/mol. The predicted octanol–water partition coefficient (Wildman–Crippen LogP) is 4.86. The van der Waals surface area contributed by atoms with E-state index in [1.54, 1.807) is 20.3 Å². The van der Waals surface area contributed by atoms with Crippen molar-refractivity contribution in [2.45, 2.75) is 25.3 Å². The minimum absolute atomic E-state index is 0.0165. The van der Waals surface area contributed by atoms with Crippen LogP contribution in [0.25, 0.3) is 17.3 Å². The Morgan fingerprint density at radius 1 is 1.10 bits per heavy atom. The van der Waals surface area contributed by atoms with Crippen LogP contribution in [-0.4, -0.2) is 41.5 Å². The maximum absolute atomic E-state index is 13.1. The van der Waals surface area contributed by atoms with Crippen LogP contribution in [0.1, 0.15) is 36.7 Å². The third-order valence-corrected chi connectivity index (χ3v) is 5.61. The van der Waals surface area contributed by atoms with Crippen LogP contribution in [0.5, 0.6) is 11.5 Å². The Labute approximate surface area is 182 Å². The highest BCUT2D eigenvalue weighted by molar-refractivity contribution is 5.92. The van der Waals surface area contributed by atoms with Crippen LogP contribution >= 0.6 is 0 Å². The van der Waals surface area contributed by atoms with Gasteiger partial charge in [-0.1, -0.05) is 36.4 Å². The average molecular weight is 418 g/mol. The minimum atomic E-state index is -0.0474. The molecule has 1 aromatic heterocycles. The number of aromatic nitrogens is 2. The number of nitrogens with zero attached hydrogens (tertiary/aromatic N) is 2. The second-order valence-electron chi connectivity index (χ2n) is 7.54. The van der Waals surface area contributed by atoms with Crippen molar-refractivity contribution in [2.24, 2.45) is 0 Å². The second-order valence-corrected chi connectivity index (χ2v) is 7.54. The second kappa shape index (κ2) is 9.51. The highest BCUT2D eigenvalue weighted by Crippen LogP contribution is 2.31. The topological polar surface area (TPSA) is 67.5 Å². The molecule has 0 radical (unpaired) electrons. The van der Waals surface area contributed by atoms with Crippen molar-refractivity contribution in [3.05, 3.63) is 72.2 Å². The van der Waals surface area contributed by atoms with Crippen molar-refractivity contribution in [2.75, 3.05) is 20.8 Å². The zero-order valence-electron chi connectivity index (χ0n) is 17.9. The maximum atomic E-state index is 13.1. The number of hydrogen-bond acceptors (Lipinski definition) is 4. The summed E-state index contributed by atoms with van der Waals surface area (Å²) in [5, 5.41) is 0. The summed E-state index contributed by atoms with van der Waals surface area (Å²) in [5.41, 5.74) is 2.93. The van der Waals surface area contributed by atoms with Crippen LogP contribution in [0.15, 0.2) is 60.8 Å². The molecule has 160 valence electrons. The summed E-state index contributed by atoms with van der Waals surface area (Å²) in [7, 11) is 3.20. The van der Waals surface area contributed by atoms with Gasteiger partial charge < -0.3 is 19.4 Å². The molecule has 1 aliphatic rings. The standard InChI is InChI=1S/C25H27N3O3/c1-30-22-13-11-18(16-23(22)31-2)12-14-24(29)28-15-7-6-10-21(28)25-26-17-20(27-25)19-8-4-3-5-9-19/h3-5,8-9,11-14,16-17,21H,6-7,10,15H2,1-2H3,(H,26,27)/b14-12+. The molecular formula is C25H27N3O3. The number of carbonyl (C=O) groups is 1. The molecule has 0 spiro atoms. The van der Waals surface area contributed by atoms with Crippen LogP contribution < -0.4 is 9.47 Å². The monoisotopic (exact) mass is 417 g/mol. The summed E-state index contributed by atoms with van der Waals surface area (Å²) >= 11 is 0. The average Bonchev–Trinajstić information content (AvgIpc) is 3.33. The van der Waals surface area contributed by atoms with Crippen LogP contribution in [0.4, 0.5) is 0 Å². The zero-order chi connectivity index (χ0) is 21.6. The highest BCUT2D eigenvalue weighted by atomic mass is 16.5. The summed E-state index contributed by atoms with van der Waals surface area (Å²) < 4.78 is 10.6. The SMILES string of the molecule is COc1ccc(/C=C/C(=O)N2CCCCC2c2ncc(-c3ccccc3)[nH]2)cc1OC. The molecule has 6 nitrogen and oxygen atoms in total. The van der Waals surface area contributed by atoms with Crippen molar-refractivity contribution in [3.63, 3.8) is 0 Å². The number of amides is 1. The normalized spacial score (nSPS) is 16.5. The largest absolute Gasteiger partial charge is 0.493 e. The molecule has 1 N–H and O–H groups in total. The molecule has 1 unspecified atom stereocenters. The van der Waals surface area contributed by atoms with Gasteiger partial charge in [0.05, 0.1) is 32.2 Å². The number of carbonyl (C=O) groups excluding carboxylic acids is 1. The van der Waals surface area contributed by atoms with Gasteiger partial charge in [-0.25, -0.2) is 4.98 Å². The van der Waals surface area contributed by atoms with E-state index in [2.05, 4.69) is 9.97 Å². The summed E-state index contributed by atoms with van der Waals surface area (Å²) in [6.07, 6.45) is 8.26. The molecule has 1 saturated heterocycles. The van der Waals surface area contributed by atoms with Gasteiger partial charge in [0.25, 0.3) is 0 Å². The van der Waals surface area contributed by atoms with Gasteiger partial charge in [0.2, 0.25) is 5.91 Å². The van der Waals surface area contributed by atoms with E-state index < -0.39 is 0 Å². The summed E-state index contributed by atoms with van der Waals surface area (Å²) in [6.45, 7) is 0.723. The summed E-state index contributed by atoms with van der Waals surface area (Å²) in [5.74, 6) is 2.12. The van der Waals surface area contributed by atoms with E-state index in [0.29, 0.717) is 11.5 Å². The van der Waals surface area contributed by atoms with Gasteiger partial charge >= 0.3 is 0 Å². The first-order valence-electron chi connectivity index (χ1n) is 10.5. The van der Waals surface area contributed by atoms with Crippen molar-refractivity contribution in [1.29, 1.82) is 0 Å². The van der Waals surface area contributed by atoms with Crippen molar-refractivity contribution >= 4 is 12.0 Å². The quantitative estimate of drug-likeness (QED) is 0.582. The molecule has 1 fully saturated rings. The number of methoxy groups -OCH3 is 2. The lowest BCUT2D eigenvalue weighted by Gasteiger charge is -2.33. The maximum Gasteiger partial charge on any atom is 0.247 e. The van der Waals surface area contributed by atoms with Crippen LogP contribution in [0.2, 0.25) is 0 Å². The number of H-pyrrole nitrogens is 1. The van der Waals surface area contributed by atoms with E-state index in [4.69, 9.17) is 9.47 Å². The van der Waals surface area contributed by atoms with Crippen molar-refractivity contribution < 1.29 is 14.3 Å². The number of imidazole rings is 1. The molecule has 2 aromatic carbocycles. The number of likely N-dealkylation sites (tertiary alicyclic amines) is 1. The number of hydrogen-bond donors (Lipinski definition) is 1. The van der Waals surface area contributed by atoms with Gasteiger partial charge in [-0.2, -0.15) is 0 Å². The minimum Gasteiger partial charge on any atom is -0.493 e. The van der Waals surface area contributed by atoms with E-state index in [0.717, 1.165) is 48.5 Å². The number of piperidine rings is 1. The molecule has 0 saturated carbocycles. The van der Waals surface area contributed by atoms with Gasteiger partial charge in [0, 0.05) is 12.6 Å². The third-order valence-electron chi connectivity index (χ3n) is 5.61. The van der Waals surface area contributed by atoms with Crippen molar-refractivity contribution in [1.82, 2.24) is 14.9 Å². The number of ether oxygens (including phenoxy) is 2. The number of rotatable bonds is 6. The van der Waals surface area contributed by atoms with Gasteiger partial charge in [-0.15, -0.1) is 0 Å².